The number of rotatable bonds is 7. The highest BCUT2D eigenvalue weighted by atomic mass is 31.2. The van der Waals surface area contributed by atoms with Gasteiger partial charge in [0.05, 0.1) is 0 Å². The highest BCUT2D eigenvalue weighted by Crippen LogP contribution is 2.78. The molecular formula is C12H15F10N2O2P. The Bertz CT molecular complexity index is 574. The Morgan fingerprint density at radius 3 is 1.74 bits per heavy atom. The Morgan fingerprint density at radius 2 is 1.37 bits per heavy atom. The first-order chi connectivity index (χ1) is 11.9. The SMILES string of the molecule is CCCCN1C=CN(C)C1OP(=O)(C(F)(F)C(F)(F)F)C(F)(F)C(F)(F)F. The lowest BCUT2D eigenvalue weighted by Crippen LogP contribution is -2.51. The minimum absolute atomic E-state index is 0.142. The Balaban J connectivity index is 3.46. The van der Waals surface area contributed by atoms with Gasteiger partial charge in [-0.05, 0) is 6.42 Å². The first-order valence-electron chi connectivity index (χ1n) is 7.27. The molecule has 0 N–H and O–H groups in total. The monoisotopic (exact) mass is 440 g/mol. The van der Waals surface area contributed by atoms with Crippen molar-refractivity contribution in [1.82, 2.24) is 9.80 Å². The molecule has 0 saturated heterocycles. The molecule has 0 aromatic heterocycles. The summed E-state index contributed by atoms with van der Waals surface area (Å²) < 4.78 is 146. The number of alkyl halides is 10. The van der Waals surface area contributed by atoms with E-state index in [1.807, 2.05) is 0 Å². The van der Waals surface area contributed by atoms with Crippen LogP contribution in [0.4, 0.5) is 43.9 Å². The molecule has 0 amide bonds. The van der Waals surface area contributed by atoms with Gasteiger partial charge in [-0.15, -0.1) is 0 Å². The van der Waals surface area contributed by atoms with E-state index in [0.717, 1.165) is 24.3 Å². The molecule has 0 spiro atoms. The molecule has 0 fully saturated rings. The third-order valence-corrected chi connectivity index (χ3v) is 6.03. The van der Waals surface area contributed by atoms with Gasteiger partial charge in [0.25, 0.3) is 0 Å². The van der Waals surface area contributed by atoms with Crippen molar-refractivity contribution in [2.45, 2.75) is 49.8 Å². The molecule has 1 rings (SSSR count). The van der Waals surface area contributed by atoms with Crippen molar-refractivity contribution < 1.29 is 53.0 Å². The van der Waals surface area contributed by atoms with Crippen LogP contribution in [-0.2, 0) is 9.09 Å². The summed E-state index contributed by atoms with van der Waals surface area (Å²) in [5.74, 6) is 0. The van der Waals surface area contributed by atoms with E-state index in [4.69, 9.17) is 0 Å². The fourth-order valence-corrected chi connectivity index (χ4v) is 3.83. The van der Waals surface area contributed by atoms with Crippen molar-refractivity contribution in [3.8, 4) is 0 Å². The van der Waals surface area contributed by atoms with E-state index in [-0.39, 0.29) is 13.0 Å². The predicted octanol–water partition coefficient (Wildman–Crippen LogP) is 5.39. The highest BCUT2D eigenvalue weighted by Gasteiger charge is 2.85. The molecule has 0 saturated carbocycles. The van der Waals surface area contributed by atoms with Gasteiger partial charge < -0.3 is 9.80 Å². The van der Waals surface area contributed by atoms with E-state index in [2.05, 4.69) is 4.52 Å². The zero-order chi connectivity index (χ0) is 21.5. The molecule has 1 aliphatic heterocycles. The van der Waals surface area contributed by atoms with Gasteiger partial charge in [-0.1, -0.05) is 13.3 Å². The average molecular weight is 440 g/mol. The van der Waals surface area contributed by atoms with Crippen LogP contribution >= 0.6 is 7.37 Å². The molecule has 27 heavy (non-hydrogen) atoms. The maximum absolute atomic E-state index is 13.6. The van der Waals surface area contributed by atoms with Gasteiger partial charge in [0.1, 0.15) is 0 Å². The summed E-state index contributed by atoms with van der Waals surface area (Å²) in [7, 11) is -7.11. The standard InChI is InChI=1S/C12H15F10N2O2P/c1-3-4-5-24-7-6-23(2)8(24)26-27(25,11(19,20)9(13,14)15)12(21,22)10(16,17)18/h6-8H,3-5H2,1-2H3. The molecule has 0 radical (unpaired) electrons. The van der Waals surface area contributed by atoms with Crippen LogP contribution in [-0.4, -0.2) is 53.4 Å². The van der Waals surface area contributed by atoms with Crippen LogP contribution in [0.1, 0.15) is 19.8 Å². The molecule has 0 aromatic rings. The number of hydrogen-bond acceptors (Lipinski definition) is 4. The summed E-state index contributed by atoms with van der Waals surface area (Å²) in [5, 5.41) is 0. The zero-order valence-corrected chi connectivity index (χ0v) is 14.7. The van der Waals surface area contributed by atoms with E-state index < -0.39 is 37.4 Å². The molecule has 1 unspecified atom stereocenters. The Kier molecular flexibility index (Phi) is 6.49. The summed E-state index contributed by atoms with van der Waals surface area (Å²) in [6, 6.07) is 0. The first-order valence-corrected chi connectivity index (χ1v) is 8.90. The Labute approximate surface area is 147 Å². The van der Waals surface area contributed by atoms with Crippen molar-refractivity contribution in [1.29, 1.82) is 0 Å². The minimum atomic E-state index is -8.06. The summed E-state index contributed by atoms with van der Waals surface area (Å²) >= 11 is 0. The van der Waals surface area contributed by atoms with Crippen molar-refractivity contribution in [3.05, 3.63) is 12.4 Å². The molecule has 0 aliphatic carbocycles. The fraction of sp³-hybridized carbons (Fsp3) is 0.833. The quantitative estimate of drug-likeness (QED) is 0.393. The molecule has 4 nitrogen and oxygen atoms in total. The largest absolute Gasteiger partial charge is 0.463 e. The van der Waals surface area contributed by atoms with Gasteiger partial charge in [0.15, 0.2) is 0 Å². The Hall–Kier alpha value is -1.17. The van der Waals surface area contributed by atoms with E-state index in [1.165, 1.54) is 0 Å². The van der Waals surface area contributed by atoms with E-state index in [0.29, 0.717) is 11.3 Å². The molecule has 0 aromatic carbocycles. The normalized spacial score (nSPS) is 19.9. The van der Waals surface area contributed by atoms with Crippen LogP contribution in [0.2, 0.25) is 0 Å². The summed E-state index contributed by atoms with van der Waals surface area (Å²) in [4.78, 5) is 1.43. The lowest BCUT2D eigenvalue weighted by molar-refractivity contribution is -0.275. The summed E-state index contributed by atoms with van der Waals surface area (Å²) in [6.07, 6.45) is -13.5. The van der Waals surface area contributed by atoms with Crippen LogP contribution in [0.25, 0.3) is 0 Å². The van der Waals surface area contributed by atoms with Crippen LogP contribution in [0, 0.1) is 0 Å². The van der Waals surface area contributed by atoms with Gasteiger partial charge in [-0.25, -0.2) is 0 Å². The van der Waals surface area contributed by atoms with Crippen molar-refractivity contribution in [2.75, 3.05) is 13.6 Å². The smallest absolute Gasteiger partial charge is 0.337 e. The third-order valence-electron chi connectivity index (χ3n) is 3.56. The van der Waals surface area contributed by atoms with E-state index >= 15 is 0 Å². The molecule has 1 heterocycles. The van der Waals surface area contributed by atoms with Crippen LogP contribution < -0.4 is 0 Å². The van der Waals surface area contributed by atoms with Crippen LogP contribution in [0.15, 0.2) is 12.4 Å². The summed E-state index contributed by atoms with van der Waals surface area (Å²) in [5.41, 5.74) is -13.9. The van der Waals surface area contributed by atoms with E-state index in [9.17, 15) is 48.5 Å². The van der Waals surface area contributed by atoms with Gasteiger partial charge in [-0.2, -0.15) is 43.9 Å². The fourth-order valence-electron chi connectivity index (χ4n) is 2.01. The second-order valence-electron chi connectivity index (χ2n) is 5.62. The van der Waals surface area contributed by atoms with Crippen LogP contribution in [0.3, 0.4) is 0 Å². The second kappa shape index (κ2) is 7.34. The second-order valence-corrected chi connectivity index (χ2v) is 8.05. The van der Waals surface area contributed by atoms with Gasteiger partial charge >= 0.3 is 31.0 Å². The van der Waals surface area contributed by atoms with E-state index in [1.54, 1.807) is 6.92 Å². The zero-order valence-electron chi connectivity index (χ0n) is 13.8. The summed E-state index contributed by atoms with van der Waals surface area (Å²) in [6.45, 7) is 1.51. The van der Waals surface area contributed by atoms with Crippen molar-refractivity contribution in [3.63, 3.8) is 0 Å². The molecular weight excluding hydrogens is 425 g/mol. The van der Waals surface area contributed by atoms with Crippen molar-refractivity contribution in [2.24, 2.45) is 0 Å². The molecule has 1 aliphatic rings. The molecule has 1 atom stereocenters. The number of nitrogens with zero attached hydrogens (tertiary/aromatic N) is 2. The van der Waals surface area contributed by atoms with Gasteiger partial charge in [0.2, 0.25) is 6.35 Å². The number of hydrogen-bond donors (Lipinski definition) is 0. The number of unbranched alkanes of at least 4 members (excludes halogenated alkanes) is 1. The maximum atomic E-state index is 13.6. The predicted molar refractivity (Wildman–Crippen MR) is 73.0 cm³/mol. The highest BCUT2D eigenvalue weighted by molar-refractivity contribution is 7.61. The molecule has 15 heteroatoms. The average Bonchev–Trinajstić information content (AvgIpc) is 2.83. The van der Waals surface area contributed by atoms with Gasteiger partial charge in [-0.3, -0.25) is 9.09 Å². The molecule has 160 valence electrons. The number of halogens is 10. The minimum Gasteiger partial charge on any atom is -0.337 e. The Morgan fingerprint density at radius 1 is 0.926 bits per heavy atom. The topological polar surface area (TPSA) is 32.8 Å². The van der Waals surface area contributed by atoms with Gasteiger partial charge in [0, 0.05) is 26.0 Å². The third kappa shape index (κ3) is 4.01. The van der Waals surface area contributed by atoms with Crippen molar-refractivity contribution >= 4 is 7.37 Å². The maximum Gasteiger partial charge on any atom is 0.463 e. The lowest BCUT2D eigenvalue weighted by Gasteiger charge is -2.39. The lowest BCUT2D eigenvalue weighted by atomic mass is 10.3. The van der Waals surface area contributed by atoms with Crippen LogP contribution in [0.5, 0.6) is 0 Å². The first kappa shape index (κ1) is 23.9. The molecule has 0 bridgehead atoms.